The van der Waals surface area contributed by atoms with Crippen molar-refractivity contribution in [2.45, 2.75) is 12.5 Å². The molecule has 0 spiro atoms. The monoisotopic (exact) mass is 483 g/mol. The number of hydrogen-bond acceptors (Lipinski definition) is 4. The Morgan fingerprint density at radius 3 is 2.54 bits per heavy atom. The Balaban J connectivity index is 2.23. The van der Waals surface area contributed by atoms with Gasteiger partial charge >= 0.3 is 12.1 Å². The molecule has 0 radical (unpaired) electrons. The van der Waals surface area contributed by atoms with Gasteiger partial charge in [0, 0.05) is 28.2 Å². The Hall–Kier alpha value is -2.32. The number of carboxylic acids is 1. The molecule has 0 aliphatic rings. The number of carbonyl (C=O) groups is 2. The molecule has 0 saturated carbocycles. The van der Waals surface area contributed by atoms with E-state index in [2.05, 4.69) is 37.2 Å². The van der Waals surface area contributed by atoms with E-state index in [9.17, 15) is 14.7 Å². The molecule has 0 bridgehead atoms. The second kappa shape index (κ2) is 9.40. The van der Waals surface area contributed by atoms with Gasteiger partial charge in [-0.1, -0.05) is 40.2 Å². The lowest BCUT2D eigenvalue weighted by Gasteiger charge is -2.19. The van der Waals surface area contributed by atoms with E-state index in [-0.39, 0.29) is 12.2 Å². The molecule has 6 nitrogen and oxygen atoms in total. The number of benzene rings is 2. The van der Waals surface area contributed by atoms with Crippen molar-refractivity contribution in [2.24, 2.45) is 0 Å². The SMILES string of the molecule is O=C(O)/C=C/C[C@H](OC(=O)Nc1ccccc1)c1cc(Br)cc(Br)c1O. The van der Waals surface area contributed by atoms with Gasteiger partial charge in [-0.25, -0.2) is 9.59 Å². The average molecular weight is 485 g/mol. The molecule has 0 unspecified atom stereocenters. The average Bonchev–Trinajstić information content (AvgIpc) is 2.58. The summed E-state index contributed by atoms with van der Waals surface area (Å²) in [5.41, 5.74) is 0.890. The van der Waals surface area contributed by atoms with E-state index >= 15 is 0 Å². The van der Waals surface area contributed by atoms with Crippen LogP contribution in [-0.4, -0.2) is 22.3 Å². The lowest BCUT2D eigenvalue weighted by molar-refractivity contribution is -0.131. The summed E-state index contributed by atoms with van der Waals surface area (Å²) in [4.78, 5) is 22.9. The number of ether oxygens (including phenoxy) is 1. The summed E-state index contributed by atoms with van der Waals surface area (Å²) in [5, 5.41) is 21.6. The van der Waals surface area contributed by atoms with E-state index < -0.39 is 18.2 Å². The number of phenolic OH excluding ortho intramolecular Hbond substituents is 1. The number of carbonyl (C=O) groups excluding carboxylic acids is 1. The Morgan fingerprint density at radius 2 is 1.88 bits per heavy atom. The summed E-state index contributed by atoms with van der Waals surface area (Å²) in [6.45, 7) is 0. The normalized spacial score (nSPS) is 11.9. The van der Waals surface area contributed by atoms with Gasteiger partial charge in [0.05, 0.1) is 4.47 Å². The fourth-order valence-corrected chi connectivity index (χ4v) is 3.42. The third-order valence-corrected chi connectivity index (χ3v) is 4.35. The number of amides is 1. The van der Waals surface area contributed by atoms with Gasteiger partial charge in [-0.05, 0) is 40.2 Å². The summed E-state index contributed by atoms with van der Waals surface area (Å²) in [6.07, 6.45) is 0.779. The van der Waals surface area contributed by atoms with Crippen LogP contribution < -0.4 is 5.32 Å². The van der Waals surface area contributed by atoms with Gasteiger partial charge in [0.25, 0.3) is 0 Å². The minimum absolute atomic E-state index is 0.0744. The van der Waals surface area contributed by atoms with Crippen LogP contribution in [0.15, 0.2) is 63.6 Å². The van der Waals surface area contributed by atoms with Gasteiger partial charge in [-0.2, -0.15) is 0 Å². The standard InChI is InChI=1S/C18H15Br2NO5/c19-11-9-13(17(24)14(20)10-11)15(7-4-8-16(22)23)26-18(25)21-12-5-2-1-3-6-12/h1-6,8-10,15,24H,7H2,(H,21,25)(H,22,23)/b8-4+/t15-/m0/s1. The highest BCUT2D eigenvalue weighted by Crippen LogP contribution is 2.38. The molecule has 0 saturated heterocycles. The van der Waals surface area contributed by atoms with Crippen LogP contribution in [0.5, 0.6) is 5.75 Å². The van der Waals surface area contributed by atoms with Crippen molar-refractivity contribution in [1.29, 1.82) is 0 Å². The van der Waals surface area contributed by atoms with Crippen molar-refractivity contribution < 1.29 is 24.5 Å². The minimum atomic E-state index is -1.11. The molecule has 1 amide bonds. The van der Waals surface area contributed by atoms with Gasteiger partial charge in [0.1, 0.15) is 11.9 Å². The predicted molar refractivity (Wildman–Crippen MR) is 104 cm³/mol. The third kappa shape index (κ3) is 5.89. The van der Waals surface area contributed by atoms with Crippen LogP contribution in [0.1, 0.15) is 18.1 Å². The zero-order valence-electron chi connectivity index (χ0n) is 13.4. The van der Waals surface area contributed by atoms with Crippen LogP contribution in [0.3, 0.4) is 0 Å². The summed E-state index contributed by atoms with van der Waals surface area (Å²) in [5.74, 6) is -1.20. The number of aromatic hydroxyl groups is 1. The Labute approximate surface area is 166 Å². The smallest absolute Gasteiger partial charge is 0.412 e. The number of aliphatic carboxylic acids is 1. The number of para-hydroxylation sites is 1. The zero-order valence-corrected chi connectivity index (χ0v) is 16.5. The van der Waals surface area contributed by atoms with Gasteiger partial charge in [0.15, 0.2) is 0 Å². The number of nitrogens with one attached hydrogen (secondary N) is 1. The van der Waals surface area contributed by atoms with E-state index in [1.54, 1.807) is 36.4 Å². The highest BCUT2D eigenvalue weighted by atomic mass is 79.9. The van der Waals surface area contributed by atoms with Crippen LogP contribution in [-0.2, 0) is 9.53 Å². The Morgan fingerprint density at radius 1 is 1.19 bits per heavy atom. The maximum atomic E-state index is 12.2. The lowest BCUT2D eigenvalue weighted by Crippen LogP contribution is -2.17. The second-order valence-electron chi connectivity index (χ2n) is 5.19. The molecular formula is C18H15Br2NO5. The maximum absolute atomic E-state index is 12.2. The van der Waals surface area contributed by atoms with E-state index in [4.69, 9.17) is 9.84 Å². The van der Waals surface area contributed by atoms with Crippen LogP contribution in [0.2, 0.25) is 0 Å². The van der Waals surface area contributed by atoms with Crippen molar-refractivity contribution in [3.05, 3.63) is 69.1 Å². The summed E-state index contributed by atoms with van der Waals surface area (Å²) >= 11 is 6.55. The molecule has 0 heterocycles. The second-order valence-corrected chi connectivity index (χ2v) is 6.96. The molecule has 2 aromatic carbocycles. The number of anilines is 1. The van der Waals surface area contributed by atoms with Crippen molar-refractivity contribution >= 4 is 49.6 Å². The van der Waals surface area contributed by atoms with Crippen LogP contribution in [0.4, 0.5) is 10.5 Å². The van der Waals surface area contributed by atoms with Crippen molar-refractivity contribution in [1.82, 2.24) is 0 Å². The first-order valence-corrected chi connectivity index (χ1v) is 9.05. The van der Waals surface area contributed by atoms with Crippen LogP contribution >= 0.6 is 31.9 Å². The molecule has 2 rings (SSSR count). The first-order chi connectivity index (χ1) is 12.4. The summed E-state index contributed by atoms with van der Waals surface area (Å²) in [6, 6.07) is 12.0. The van der Waals surface area contributed by atoms with Gasteiger partial charge in [0.2, 0.25) is 0 Å². The molecule has 2 aromatic rings. The third-order valence-electron chi connectivity index (χ3n) is 3.28. The van der Waals surface area contributed by atoms with Crippen molar-refractivity contribution in [3.8, 4) is 5.75 Å². The summed E-state index contributed by atoms with van der Waals surface area (Å²) < 4.78 is 6.50. The molecule has 8 heteroatoms. The highest BCUT2D eigenvalue weighted by molar-refractivity contribution is 9.11. The van der Waals surface area contributed by atoms with E-state index in [1.807, 2.05) is 6.07 Å². The number of hydrogen-bond donors (Lipinski definition) is 3. The maximum Gasteiger partial charge on any atom is 0.412 e. The van der Waals surface area contributed by atoms with Crippen molar-refractivity contribution in [2.75, 3.05) is 5.32 Å². The van der Waals surface area contributed by atoms with E-state index in [0.29, 0.717) is 20.2 Å². The minimum Gasteiger partial charge on any atom is -0.506 e. The molecule has 0 aliphatic heterocycles. The molecule has 3 N–H and O–H groups in total. The lowest BCUT2D eigenvalue weighted by atomic mass is 10.0. The quantitative estimate of drug-likeness (QED) is 0.487. The molecule has 0 aromatic heterocycles. The Bertz CT molecular complexity index is 824. The van der Waals surface area contributed by atoms with Crippen LogP contribution in [0.25, 0.3) is 0 Å². The molecule has 136 valence electrons. The molecule has 0 aliphatic carbocycles. The number of halogens is 2. The van der Waals surface area contributed by atoms with Crippen molar-refractivity contribution in [3.63, 3.8) is 0 Å². The first kappa shape index (κ1) is 20.0. The fraction of sp³-hybridized carbons (Fsp3) is 0.111. The number of rotatable bonds is 6. The zero-order chi connectivity index (χ0) is 19.1. The molecular weight excluding hydrogens is 470 g/mol. The Kier molecular flexibility index (Phi) is 7.23. The van der Waals surface area contributed by atoms with E-state index in [0.717, 1.165) is 6.08 Å². The molecule has 26 heavy (non-hydrogen) atoms. The first-order valence-electron chi connectivity index (χ1n) is 7.47. The van der Waals surface area contributed by atoms with Gasteiger partial charge in [-0.3, -0.25) is 5.32 Å². The number of phenols is 1. The molecule has 0 fully saturated rings. The fourth-order valence-electron chi connectivity index (χ4n) is 2.16. The van der Waals surface area contributed by atoms with E-state index in [1.165, 1.54) is 6.08 Å². The number of carboxylic acid groups (broad SMARTS) is 1. The predicted octanol–water partition coefficient (Wildman–Crippen LogP) is 5.24. The van der Waals surface area contributed by atoms with Crippen LogP contribution in [0, 0.1) is 0 Å². The molecule has 1 atom stereocenters. The largest absolute Gasteiger partial charge is 0.506 e. The topological polar surface area (TPSA) is 95.9 Å². The summed E-state index contributed by atoms with van der Waals surface area (Å²) in [7, 11) is 0. The van der Waals surface area contributed by atoms with Gasteiger partial charge in [-0.15, -0.1) is 0 Å². The highest BCUT2D eigenvalue weighted by Gasteiger charge is 2.21. The van der Waals surface area contributed by atoms with Gasteiger partial charge < -0.3 is 14.9 Å².